The molecule has 90 valence electrons. The highest BCUT2D eigenvalue weighted by molar-refractivity contribution is 4.83. The van der Waals surface area contributed by atoms with Gasteiger partial charge in [-0.3, -0.25) is 0 Å². The Kier molecular flexibility index (Phi) is 5.07. The Balaban J connectivity index is 2.53. The molecular weight excluding hydrogens is 188 g/mol. The van der Waals surface area contributed by atoms with Crippen LogP contribution in [0.5, 0.6) is 0 Å². The van der Waals surface area contributed by atoms with E-state index in [2.05, 4.69) is 20.8 Å². The number of ether oxygens (including phenoxy) is 1. The predicted octanol–water partition coefficient (Wildman–Crippen LogP) is 2.84. The Hall–Kier alpha value is -0.0800. The van der Waals surface area contributed by atoms with E-state index in [0.717, 1.165) is 31.1 Å². The molecule has 0 aromatic heterocycles. The van der Waals surface area contributed by atoms with Crippen LogP contribution < -0.4 is 0 Å². The van der Waals surface area contributed by atoms with Crippen molar-refractivity contribution < 1.29 is 9.84 Å². The zero-order chi connectivity index (χ0) is 11.4. The van der Waals surface area contributed by atoms with E-state index in [1.54, 1.807) is 7.11 Å². The topological polar surface area (TPSA) is 29.5 Å². The SMILES string of the molecule is CCC(OC)C(O)C1CC(C)CC(C)C1. The van der Waals surface area contributed by atoms with E-state index >= 15 is 0 Å². The van der Waals surface area contributed by atoms with Crippen LogP contribution in [0.2, 0.25) is 0 Å². The quantitative estimate of drug-likeness (QED) is 0.779. The van der Waals surface area contributed by atoms with E-state index in [-0.39, 0.29) is 12.2 Å². The fourth-order valence-corrected chi connectivity index (χ4v) is 3.14. The molecule has 0 spiro atoms. The zero-order valence-corrected chi connectivity index (χ0v) is 10.6. The van der Waals surface area contributed by atoms with Gasteiger partial charge < -0.3 is 9.84 Å². The van der Waals surface area contributed by atoms with Gasteiger partial charge >= 0.3 is 0 Å². The van der Waals surface area contributed by atoms with Crippen molar-refractivity contribution in [3.8, 4) is 0 Å². The number of aliphatic hydroxyl groups excluding tert-OH is 1. The fourth-order valence-electron chi connectivity index (χ4n) is 3.14. The van der Waals surface area contributed by atoms with Gasteiger partial charge in [0.1, 0.15) is 0 Å². The number of methoxy groups -OCH3 is 1. The van der Waals surface area contributed by atoms with Crippen molar-refractivity contribution in [2.45, 2.75) is 58.7 Å². The van der Waals surface area contributed by atoms with Gasteiger partial charge in [-0.2, -0.15) is 0 Å². The number of rotatable bonds is 4. The first kappa shape index (κ1) is 13.0. The second-order valence-corrected chi connectivity index (χ2v) is 5.35. The van der Waals surface area contributed by atoms with E-state index in [4.69, 9.17) is 4.74 Å². The van der Waals surface area contributed by atoms with Gasteiger partial charge in [0.2, 0.25) is 0 Å². The second-order valence-electron chi connectivity index (χ2n) is 5.35. The molecule has 2 heteroatoms. The predicted molar refractivity (Wildman–Crippen MR) is 62.8 cm³/mol. The largest absolute Gasteiger partial charge is 0.390 e. The molecule has 0 amide bonds. The Morgan fingerprint density at radius 2 is 1.73 bits per heavy atom. The van der Waals surface area contributed by atoms with Gasteiger partial charge in [-0.1, -0.05) is 20.8 Å². The van der Waals surface area contributed by atoms with Crippen molar-refractivity contribution in [1.29, 1.82) is 0 Å². The number of hydrogen-bond acceptors (Lipinski definition) is 2. The molecule has 1 saturated carbocycles. The van der Waals surface area contributed by atoms with Crippen LogP contribution in [0.4, 0.5) is 0 Å². The second kappa shape index (κ2) is 5.86. The van der Waals surface area contributed by atoms with E-state index in [0.29, 0.717) is 5.92 Å². The van der Waals surface area contributed by atoms with Crippen molar-refractivity contribution in [3.63, 3.8) is 0 Å². The van der Waals surface area contributed by atoms with Crippen LogP contribution in [0, 0.1) is 17.8 Å². The standard InChI is InChI=1S/C13H26O2/c1-5-12(15-4)13(14)11-7-9(2)6-10(3)8-11/h9-14H,5-8H2,1-4H3. The summed E-state index contributed by atoms with van der Waals surface area (Å²) in [7, 11) is 1.70. The summed E-state index contributed by atoms with van der Waals surface area (Å²) in [5.41, 5.74) is 0. The van der Waals surface area contributed by atoms with Gasteiger partial charge in [0.05, 0.1) is 12.2 Å². The van der Waals surface area contributed by atoms with E-state index in [9.17, 15) is 5.11 Å². The normalized spacial score (nSPS) is 36.2. The summed E-state index contributed by atoms with van der Waals surface area (Å²) in [5, 5.41) is 10.2. The van der Waals surface area contributed by atoms with Crippen LogP contribution in [-0.4, -0.2) is 24.4 Å². The molecule has 1 N–H and O–H groups in total. The Morgan fingerprint density at radius 3 is 2.13 bits per heavy atom. The van der Waals surface area contributed by atoms with Gasteiger partial charge in [-0.25, -0.2) is 0 Å². The summed E-state index contributed by atoms with van der Waals surface area (Å²) in [4.78, 5) is 0. The molecule has 0 bridgehead atoms. The maximum Gasteiger partial charge on any atom is 0.0830 e. The average molecular weight is 214 g/mol. The van der Waals surface area contributed by atoms with Crippen LogP contribution in [0.25, 0.3) is 0 Å². The molecule has 4 atom stereocenters. The zero-order valence-electron chi connectivity index (χ0n) is 10.6. The summed E-state index contributed by atoms with van der Waals surface area (Å²) < 4.78 is 5.33. The van der Waals surface area contributed by atoms with E-state index < -0.39 is 0 Å². The first-order chi connectivity index (χ1) is 7.08. The first-order valence-corrected chi connectivity index (χ1v) is 6.29. The highest BCUT2D eigenvalue weighted by Gasteiger charge is 2.32. The van der Waals surface area contributed by atoms with Crippen LogP contribution in [0.15, 0.2) is 0 Å². The smallest absolute Gasteiger partial charge is 0.0830 e. The molecule has 0 aromatic rings. The number of aliphatic hydroxyl groups is 1. The van der Waals surface area contributed by atoms with Crippen molar-refractivity contribution in [1.82, 2.24) is 0 Å². The lowest BCUT2D eigenvalue weighted by atomic mass is 9.73. The molecule has 1 fully saturated rings. The summed E-state index contributed by atoms with van der Waals surface area (Å²) in [6.45, 7) is 6.67. The summed E-state index contributed by atoms with van der Waals surface area (Å²) in [6, 6.07) is 0. The lowest BCUT2D eigenvalue weighted by Crippen LogP contribution is -2.38. The molecule has 0 aromatic carbocycles. The highest BCUT2D eigenvalue weighted by Crippen LogP contribution is 2.36. The van der Waals surface area contributed by atoms with E-state index in [1.165, 1.54) is 6.42 Å². The van der Waals surface area contributed by atoms with Crippen molar-refractivity contribution in [3.05, 3.63) is 0 Å². The summed E-state index contributed by atoms with van der Waals surface area (Å²) in [5.74, 6) is 1.94. The molecule has 0 saturated heterocycles. The fraction of sp³-hybridized carbons (Fsp3) is 1.00. The van der Waals surface area contributed by atoms with Crippen molar-refractivity contribution in [2.75, 3.05) is 7.11 Å². The average Bonchev–Trinajstić information content (AvgIpc) is 2.18. The summed E-state index contributed by atoms with van der Waals surface area (Å²) in [6.07, 6.45) is 4.28. The maximum absolute atomic E-state index is 10.2. The van der Waals surface area contributed by atoms with Gasteiger partial charge in [-0.05, 0) is 43.4 Å². The molecule has 1 rings (SSSR count). The molecule has 15 heavy (non-hydrogen) atoms. The van der Waals surface area contributed by atoms with Gasteiger partial charge in [0.25, 0.3) is 0 Å². The number of hydrogen-bond donors (Lipinski definition) is 1. The Morgan fingerprint density at radius 1 is 1.20 bits per heavy atom. The molecule has 0 radical (unpaired) electrons. The van der Waals surface area contributed by atoms with Gasteiger partial charge in [-0.15, -0.1) is 0 Å². The minimum Gasteiger partial charge on any atom is -0.390 e. The van der Waals surface area contributed by atoms with Crippen LogP contribution >= 0.6 is 0 Å². The molecule has 1 aliphatic carbocycles. The third kappa shape index (κ3) is 3.46. The third-order valence-corrected chi connectivity index (χ3v) is 3.78. The van der Waals surface area contributed by atoms with Crippen molar-refractivity contribution in [2.24, 2.45) is 17.8 Å². The lowest BCUT2D eigenvalue weighted by Gasteiger charge is -2.36. The minimum atomic E-state index is -0.273. The highest BCUT2D eigenvalue weighted by atomic mass is 16.5. The molecule has 4 unspecified atom stereocenters. The van der Waals surface area contributed by atoms with Crippen LogP contribution in [0.3, 0.4) is 0 Å². The van der Waals surface area contributed by atoms with Crippen LogP contribution in [-0.2, 0) is 4.74 Å². The van der Waals surface area contributed by atoms with Gasteiger partial charge in [0.15, 0.2) is 0 Å². The molecule has 0 heterocycles. The summed E-state index contributed by atoms with van der Waals surface area (Å²) >= 11 is 0. The van der Waals surface area contributed by atoms with Crippen molar-refractivity contribution >= 4 is 0 Å². The van der Waals surface area contributed by atoms with E-state index in [1.807, 2.05) is 0 Å². The Labute approximate surface area is 94.0 Å². The molecule has 1 aliphatic rings. The Bertz CT molecular complexity index is 167. The first-order valence-electron chi connectivity index (χ1n) is 6.29. The molecule has 0 aliphatic heterocycles. The van der Waals surface area contributed by atoms with Gasteiger partial charge in [0, 0.05) is 7.11 Å². The lowest BCUT2D eigenvalue weighted by molar-refractivity contribution is -0.0593. The third-order valence-electron chi connectivity index (χ3n) is 3.78. The minimum absolute atomic E-state index is 0.0208. The molecule has 2 nitrogen and oxygen atoms in total. The maximum atomic E-state index is 10.2. The monoisotopic (exact) mass is 214 g/mol. The van der Waals surface area contributed by atoms with Crippen LogP contribution in [0.1, 0.15) is 46.5 Å². The molecular formula is C13H26O2.